The average Bonchev–Trinajstić information content (AvgIpc) is 1.54. The molecule has 26 aromatic rings. The second-order valence-corrected chi connectivity index (χ2v) is 35.8. The van der Waals surface area contributed by atoms with Crippen molar-refractivity contribution < 1.29 is 0 Å². The van der Waals surface area contributed by atoms with Crippen LogP contribution in [0.5, 0.6) is 0 Å². The van der Waals surface area contributed by atoms with Crippen molar-refractivity contribution in [1.29, 1.82) is 0 Å². The Labute approximate surface area is 815 Å². The van der Waals surface area contributed by atoms with E-state index in [9.17, 15) is 0 Å². The minimum atomic E-state index is -0.457. The first-order valence-electron chi connectivity index (χ1n) is 47.7. The van der Waals surface area contributed by atoms with Gasteiger partial charge in [-0.15, -0.1) is 0 Å². The van der Waals surface area contributed by atoms with Crippen LogP contribution in [0.2, 0.25) is 0 Å². The van der Waals surface area contributed by atoms with Crippen LogP contribution in [0.1, 0.15) is 22.3 Å². The summed E-state index contributed by atoms with van der Waals surface area (Å²) in [6, 6.07) is 182. The van der Waals surface area contributed by atoms with Crippen LogP contribution in [-0.2, 0) is 5.41 Å². The summed E-state index contributed by atoms with van der Waals surface area (Å²) < 4.78 is 0. The zero-order chi connectivity index (χ0) is 93.5. The van der Waals surface area contributed by atoms with Crippen LogP contribution in [0.15, 0.2) is 516 Å². The van der Waals surface area contributed by atoms with Gasteiger partial charge >= 0.3 is 0 Å². The van der Waals surface area contributed by atoms with Crippen LogP contribution in [0.3, 0.4) is 0 Å². The smallest absolute Gasteiger partial charge is 0.164 e. The summed E-state index contributed by atoms with van der Waals surface area (Å²) in [5, 5.41) is 19.3. The highest BCUT2D eigenvalue weighted by molar-refractivity contribution is 6.11. The Morgan fingerprint density at radius 3 is 0.773 bits per heavy atom. The van der Waals surface area contributed by atoms with Crippen molar-refractivity contribution in [2.45, 2.75) is 5.41 Å². The molecule has 0 spiro atoms. The second kappa shape index (κ2) is 36.4. The monoisotopic (exact) mass is 1800 g/mol. The molecule has 141 heavy (non-hydrogen) atoms. The summed E-state index contributed by atoms with van der Waals surface area (Å²) in [5.41, 5.74) is 22.8. The highest BCUT2D eigenvalue weighted by Crippen LogP contribution is 2.56. The van der Waals surface area contributed by atoms with Gasteiger partial charge in [0.15, 0.2) is 52.4 Å². The van der Waals surface area contributed by atoms with Crippen molar-refractivity contribution >= 4 is 86.2 Å². The number of nitrogens with zero attached hydrogens (tertiary/aromatic N) is 9. The van der Waals surface area contributed by atoms with Crippen molar-refractivity contribution in [3.63, 3.8) is 0 Å². The Morgan fingerprint density at radius 1 is 0.113 bits per heavy atom. The molecule has 3 heterocycles. The first-order chi connectivity index (χ1) is 69.8. The lowest BCUT2D eigenvalue weighted by Crippen LogP contribution is -2.28. The predicted molar refractivity (Wildman–Crippen MR) is 582 cm³/mol. The molecule has 23 aromatic carbocycles. The number of fused-ring (bicyclic) bond motifs is 14. The Hall–Kier alpha value is -18.8. The molecule has 0 saturated carbocycles. The fourth-order valence-electron chi connectivity index (χ4n) is 20.4. The largest absolute Gasteiger partial charge is 0.208 e. The van der Waals surface area contributed by atoms with E-state index in [4.69, 9.17) is 44.9 Å². The molecule has 658 valence electrons. The number of hydrogen-bond acceptors (Lipinski definition) is 9. The first-order valence-corrected chi connectivity index (χ1v) is 47.7. The van der Waals surface area contributed by atoms with Gasteiger partial charge in [0.05, 0.1) is 5.41 Å². The molecular weight excluding hydrogens is 1710 g/mol. The van der Waals surface area contributed by atoms with Crippen LogP contribution in [0, 0.1) is 0 Å². The van der Waals surface area contributed by atoms with E-state index in [0.717, 1.165) is 93.7 Å². The summed E-state index contributed by atoms with van der Waals surface area (Å²) in [6.45, 7) is 0. The molecule has 3 aromatic heterocycles. The van der Waals surface area contributed by atoms with E-state index < -0.39 is 5.41 Å². The average molecular weight is 1800 g/mol. The molecule has 0 saturated heterocycles. The van der Waals surface area contributed by atoms with E-state index in [0.29, 0.717) is 52.4 Å². The van der Waals surface area contributed by atoms with Gasteiger partial charge in [-0.25, -0.2) is 44.9 Å². The van der Waals surface area contributed by atoms with Crippen molar-refractivity contribution in [2.24, 2.45) is 0 Å². The van der Waals surface area contributed by atoms with Gasteiger partial charge in [0.25, 0.3) is 0 Å². The lowest BCUT2D eigenvalue weighted by atomic mass is 9.67. The molecule has 0 amide bonds. The quantitative estimate of drug-likeness (QED) is 0.0981. The van der Waals surface area contributed by atoms with Crippen molar-refractivity contribution in [3.05, 3.63) is 538 Å². The molecule has 0 atom stereocenters. The van der Waals surface area contributed by atoms with Gasteiger partial charge in [-0.1, -0.05) is 479 Å². The highest BCUT2D eigenvalue weighted by atomic mass is 15.1. The molecule has 9 nitrogen and oxygen atoms in total. The van der Waals surface area contributed by atoms with Crippen molar-refractivity contribution in [2.75, 3.05) is 0 Å². The van der Waals surface area contributed by atoms with Crippen molar-refractivity contribution in [1.82, 2.24) is 44.9 Å². The van der Waals surface area contributed by atoms with E-state index in [1.807, 2.05) is 72.8 Å². The Balaban J connectivity index is 0.000000112. The molecule has 0 N–H and O–H groups in total. The number of rotatable bonds is 14. The normalized spacial score (nSPS) is 11.9. The lowest BCUT2D eigenvalue weighted by Gasteiger charge is -2.34. The van der Waals surface area contributed by atoms with Crippen LogP contribution in [0.25, 0.3) is 233 Å². The molecular formula is C132H85N9. The molecule has 0 aliphatic heterocycles. The molecule has 27 rings (SSSR count). The first kappa shape index (κ1) is 84.0. The Bertz CT molecular complexity index is 9220. The maximum atomic E-state index is 5.15. The maximum Gasteiger partial charge on any atom is 0.164 e. The van der Waals surface area contributed by atoms with Crippen LogP contribution < -0.4 is 0 Å². The van der Waals surface area contributed by atoms with Gasteiger partial charge in [0.2, 0.25) is 0 Å². The summed E-state index contributed by atoms with van der Waals surface area (Å²) in [5.74, 6) is 5.87. The third-order valence-corrected chi connectivity index (χ3v) is 27.4. The molecule has 1 aliphatic rings. The maximum absolute atomic E-state index is 5.15. The van der Waals surface area contributed by atoms with E-state index in [1.54, 1.807) is 0 Å². The summed E-state index contributed by atoms with van der Waals surface area (Å²) in [7, 11) is 0. The molecule has 1 aliphatic carbocycles. The SMILES string of the molecule is c1ccc(-c2ccc(-c3ccc(-c4nc(-c5ccccc5)nc(-c5ccc6c(ccc7ccccc76)c5)n4)cc3)cc2)cc1.c1ccc(-c2nc(-c3ccc(C4(c5ccccc5)c5ccccc5-c5ccccc54)cc3)nc(-c3ccc4c(ccc5ccccc54)c3)n2)cc1.c1ccc(-c2nc(-c3ccc4ccccc4c3)nc(-c3cc(-c4ccc5c(ccc6ccccc65)c4)cc4ccccc34)n2)cc1. The van der Waals surface area contributed by atoms with Crippen molar-refractivity contribution in [3.8, 4) is 147 Å². The number of aromatic nitrogens is 9. The number of hydrogen-bond donors (Lipinski definition) is 0. The zero-order valence-corrected chi connectivity index (χ0v) is 76.6. The highest BCUT2D eigenvalue weighted by Gasteiger charge is 2.46. The third kappa shape index (κ3) is 16.1. The van der Waals surface area contributed by atoms with Gasteiger partial charge in [-0.2, -0.15) is 0 Å². The molecule has 0 unspecified atom stereocenters. The lowest BCUT2D eigenvalue weighted by molar-refractivity contribution is 0.768. The van der Waals surface area contributed by atoms with Gasteiger partial charge in [0, 0.05) is 50.1 Å². The summed E-state index contributed by atoms with van der Waals surface area (Å²) in [6.07, 6.45) is 0. The zero-order valence-electron chi connectivity index (χ0n) is 76.6. The van der Waals surface area contributed by atoms with Gasteiger partial charge in [-0.3, -0.25) is 0 Å². The fourth-order valence-corrected chi connectivity index (χ4v) is 20.4. The van der Waals surface area contributed by atoms with Gasteiger partial charge in [0.1, 0.15) is 0 Å². The van der Waals surface area contributed by atoms with E-state index in [1.165, 1.54) is 109 Å². The van der Waals surface area contributed by atoms with Crippen LogP contribution in [-0.4, -0.2) is 44.9 Å². The van der Waals surface area contributed by atoms with Crippen LogP contribution in [0.4, 0.5) is 0 Å². The minimum absolute atomic E-state index is 0.457. The summed E-state index contributed by atoms with van der Waals surface area (Å²) >= 11 is 0. The van der Waals surface area contributed by atoms with Gasteiger partial charge < -0.3 is 0 Å². The van der Waals surface area contributed by atoms with Gasteiger partial charge in [-0.05, 0) is 189 Å². The number of benzene rings is 23. The summed E-state index contributed by atoms with van der Waals surface area (Å²) in [4.78, 5) is 45.3. The van der Waals surface area contributed by atoms with E-state index in [-0.39, 0.29) is 0 Å². The fraction of sp³-hybridized carbons (Fsp3) is 0.00758. The topological polar surface area (TPSA) is 116 Å². The molecule has 9 heteroatoms. The van der Waals surface area contributed by atoms with E-state index >= 15 is 0 Å². The molecule has 0 radical (unpaired) electrons. The standard InChI is InChI=1S/C48H31N3.C43H27N3.C41H27N3/c1-3-14-33(15-4-1)45-49-46(51-47(50-45)36-27-30-40-35(31-36)24-23-32-13-7-8-18-39(32)40)34-25-28-38(29-26-34)48(37-16-5-2-6-17-37)43-21-11-9-19-41(43)42-20-10-12-22-44(42)48;1-2-12-30(13-3-1)41-44-42(35-21-18-28-10-4-5-14-31(28)25-35)46-43(45-41)40-27-36(26-33-15-7-9-17-38(33)40)32-22-23-39-34(24-32)20-19-29-11-6-8-16-37(29)39;1-3-9-28(10-4-1)29-15-17-30(18-16-29)31-19-22-34(23-20-31)40-42-39(33-12-5-2-6-13-33)43-41(44-40)36-25-26-38-35(27-36)24-21-32-11-7-8-14-37(32)38/h1-31H;1-27H;1-27H. The minimum Gasteiger partial charge on any atom is -0.208 e. The second-order valence-electron chi connectivity index (χ2n) is 35.8. The Morgan fingerprint density at radius 2 is 0.348 bits per heavy atom. The Kier molecular flexibility index (Phi) is 21.7. The molecule has 0 bridgehead atoms. The van der Waals surface area contributed by atoms with E-state index in [2.05, 4.69) is 443 Å². The predicted octanol–water partition coefficient (Wildman–Crippen LogP) is 33.2. The molecule has 0 fully saturated rings. The van der Waals surface area contributed by atoms with Crippen LogP contribution >= 0.6 is 0 Å². The third-order valence-electron chi connectivity index (χ3n) is 27.4.